The lowest BCUT2D eigenvalue weighted by Gasteiger charge is -2.16. The molecule has 0 saturated carbocycles. The Morgan fingerprint density at radius 2 is 2.00 bits per heavy atom. The summed E-state index contributed by atoms with van der Waals surface area (Å²) in [5.41, 5.74) is 1.89. The average Bonchev–Trinajstić information content (AvgIpc) is 3.41. The predicted molar refractivity (Wildman–Crippen MR) is 98.0 cm³/mol. The Kier molecular flexibility index (Phi) is 4.93. The number of halogens is 1. The monoisotopic (exact) mass is 384 g/mol. The lowest BCUT2D eigenvalue weighted by molar-refractivity contribution is 0.0784. The number of nitrogens with zero attached hydrogens (tertiary/aromatic N) is 4. The van der Waals surface area contributed by atoms with Gasteiger partial charge >= 0.3 is 0 Å². The van der Waals surface area contributed by atoms with E-state index in [-0.39, 0.29) is 11.7 Å². The molecule has 0 N–H and O–H groups in total. The fraction of sp³-hybridized carbons (Fsp3) is 0.400. The van der Waals surface area contributed by atoms with E-state index in [2.05, 4.69) is 15.3 Å². The summed E-state index contributed by atoms with van der Waals surface area (Å²) in [7, 11) is 0. The number of aromatic nitrogens is 3. The van der Waals surface area contributed by atoms with Gasteiger partial charge in [-0.1, -0.05) is 10.3 Å². The van der Waals surface area contributed by atoms with Gasteiger partial charge in [-0.15, -0.1) is 0 Å². The lowest BCUT2D eigenvalue weighted by atomic mass is 10.0. The van der Waals surface area contributed by atoms with E-state index >= 15 is 0 Å². The Bertz CT molecular complexity index is 960. The molecule has 1 unspecified atom stereocenters. The minimum atomic E-state index is -0.305. The highest BCUT2D eigenvalue weighted by atomic mass is 19.1. The highest BCUT2D eigenvalue weighted by molar-refractivity contribution is 5.96. The third-order valence-corrected chi connectivity index (χ3v) is 5.16. The third kappa shape index (κ3) is 3.67. The number of benzene rings is 1. The number of rotatable bonds is 5. The van der Waals surface area contributed by atoms with E-state index in [1.807, 2.05) is 4.90 Å². The largest absolute Gasteiger partial charge is 0.361 e. The molecule has 1 aliphatic heterocycles. The molecule has 1 fully saturated rings. The number of likely N-dealkylation sites (tertiary alicyclic amines) is 1. The molecule has 0 radical (unpaired) electrons. The van der Waals surface area contributed by atoms with Crippen LogP contribution < -0.4 is 0 Å². The first-order valence-electron chi connectivity index (χ1n) is 9.32. The maximum Gasteiger partial charge on any atom is 0.259 e. The zero-order valence-electron chi connectivity index (χ0n) is 15.8. The Morgan fingerprint density at radius 3 is 2.71 bits per heavy atom. The minimum Gasteiger partial charge on any atom is -0.361 e. The SMILES string of the molecule is Cc1noc(C)c1C(=O)N1CCC(CCc2noc(-c3ccc(F)cc3)n2)C1. The summed E-state index contributed by atoms with van der Waals surface area (Å²) in [6.07, 6.45) is 2.48. The van der Waals surface area contributed by atoms with Gasteiger partial charge in [0.1, 0.15) is 17.1 Å². The summed E-state index contributed by atoms with van der Waals surface area (Å²) >= 11 is 0. The van der Waals surface area contributed by atoms with E-state index in [1.54, 1.807) is 26.0 Å². The minimum absolute atomic E-state index is 0.0168. The van der Waals surface area contributed by atoms with E-state index < -0.39 is 0 Å². The summed E-state index contributed by atoms with van der Waals surface area (Å²) in [5.74, 6) is 1.63. The van der Waals surface area contributed by atoms with Crippen molar-refractivity contribution in [2.45, 2.75) is 33.1 Å². The molecule has 1 amide bonds. The van der Waals surface area contributed by atoms with Gasteiger partial charge in [0.25, 0.3) is 11.8 Å². The smallest absolute Gasteiger partial charge is 0.259 e. The lowest BCUT2D eigenvalue weighted by Crippen LogP contribution is -2.29. The Balaban J connectivity index is 1.33. The molecule has 8 heteroatoms. The summed E-state index contributed by atoms with van der Waals surface area (Å²) in [4.78, 5) is 19.0. The maximum absolute atomic E-state index is 13.0. The van der Waals surface area contributed by atoms with E-state index in [0.29, 0.717) is 53.2 Å². The summed E-state index contributed by atoms with van der Waals surface area (Å²) in [5, 5.41) is 7.88. The van der Waals surface area contributed by atoms with E-state index in [9.17, 15) is 9.18 Å². The molecule has 1 saturated heterocycles. The molecule has 7 nitrogen and oxygen atoms in total. The van der Waals surface area contributed by atoms with Crippen LogP contribution in [0, 0.1) is 25.6 Å². The van der Waals surface area contributed by atoms with Crippen molar-refractivity contribution in [3.63, 3.8) is 0 Å². The molecule has 146 valence electrons. The number of hydrogen-bond acceptors (Lipinski definition) is 6. The zero-order valence-corrected chi connectivity index (χ0v) is 15.8. The van der Waals surface area contributed by atoms with Crippen molar-refractivity contribution >= 4 is 5.91 Å². The van der Waals surface area contributed by atoms with Crippen molar-refractivity contribution in [3.8, 4) is 11.5 Å². The van der Waals surface area contributed by atoms with Gasteiger partial charge in [0.05, 0.1) is 5.69 Å². The molecule has 1 atom stereocenters. The molecule has 0 spiro atoms. The molecular formula is C20H21FN4O3. The highest BCUT2D eigenvalue weighted by Crippen LogP contribution is 2.25. The van der Waals surface area contributed by atoms with Gasteiger partial charge in [-0.2, -0.15) is 4.98 Å². The van der Waals surface area contributed by atoms with Crippen molar-refractivity contribution in [1.82, 2.24) is 20.2 Å². The Morgan fingerprint density at radius 1 is 1.21 bits per heavy atom. The van der Waals surface area contributed by atoms with Gasteiger partial charge in [-0.25, -0.2) is 4.39 Å². The molecule has 2 aromatic heterocycles. The van der Waals surface area contributed by atoms with Crippen molar-refractivity contribution in [2.24, 2.45) is 5.92 Å². The van der Waals surface area contributed by atoms with E-state index in [0.717, 1.165) is 19.4 Å². The van der Waals surface area contributed by atoms with Gasteiger partial charge in [-0.3, -0.25) is 4.79 Å². The van der Waals surface area contributed by atoms with Crippen molar-refractivity contribution in [2.75, 3.05) is 13.1 Å². The van der Waals surface area contributed by atoms with Crippen LogP contribution >= 0.6 is 0 Å². The highest BCUT2D eigenvalue weighted by Gasteiger charge is 2.30. The zero-order chi connectivity index (χ0) is 19.7. The quantitative estimate of drug-likeness (QED) is 0.668. The number of amides is 1. The number of carbonyl (C=O) groups excluding carboxylic acids is 1. The molecule has 0 aliphatic carbocycles. The Labute approximate surface area is 161 Å². The molecule has 28 heavy (non-hydrogen) atoms. The van der Waals surface area contributed by atoms with Gasteiger partial charge in [0.15, 0.2) is 5.82 Å². The van der Waals surface area contributed by atoms with Gasteiger partial charge in [0, 0.05) is 25.1 Å². The van der Waals surface area contributed by atoms with Crippen LogP contribution in [0.25, 0.3) is 11.5 Å². The second kappa shape index (κ2) is 7.53. The molecule has 3 heterocycles. The van der Waals surface area contributed by atoms with Crippen LogP contribution in [0.4, 0.5) is 4.39 Å². The standard InChI is InChI=1S/C20H21FN4O3/c1-12-18(13(2)27-23-12)20(26)25-10-9-14(11-25)3-8-17-22-19(28-24-17)15-4-6-16(21)7-5-15/h4-7,14H,3,8-11H2,1-2H3. The number of hydrogen-bond donors (Lipinski definition) is 0. The maximum atomic E-state index is 13.0. The summed E-state index contributed by atoms with van der Waals surface area (Å²) < 4.78 is 23.4. The molecule has 1 aliphatic rings. The van der Waals surface area contributed by atoms with Crippen molar-refractivity contribution < 1.29 is 18.2 Å². The topological polar surface area (TPSA) is 85.3 Å². The first-order valence-corrected chi connectivity index (χ1v) is 9.32. The van der Waals surface area contributed by atoms with Crippen molar-refractivity contribution in [1.29, 1.82) is 0 Å². The summed E-state index contributed by atoms with van der Waals surface area (Å²) in [6, 6.07) is 5.95. The van der Waals surface area contributed by atoms with Crippen LogP contribution in [0.2, 0.25) is 0 Å². The van der Waals surface area contributed by atoms with Gasteiger partial charge < -0.3 is 13.9 Å². The fourth-order valence-electron chi connectivity index (χ4n) is 3.60. The van der Waals surface area contributed by atoms with Crippen LogP contribution in [0.5, 0.6) is 0 Å². The molecule has 0 bridgehead atoms. The van der Waals surface area contributed by atoms with Gasteiger partial charge in [0.2, 0.25) is 0 Å². The first-order chi connectivity index (χ1) is 13.5. The Hall–Kier alpha value is -3.03. The molecule has 1 aromatic carbocycles. The third-order valence-electron chi connectivity index (χ3n) is 5.16. The molecule has 3 aromatic rings. The number of aryl methyl sites for hydroxylation is 3. The predicted octanol–water partition coefficient (Wildman–Crippen LogP) is 3.58. The molecular weight excluding hydrogens is 363 g/mol. The van der Waals surface area contributed by atoms with Crippen LogP contribution in [0.3, 0.4) is 0 Å². The van der Waals surface area contributed by atoms with Gasteiger partial charge in [-0.05, 0) is 56.9 Å². The van der Waals surface area contributed by atoms with Crippen LogP contribution in [0.15, 0.2) is 33.3 Å². The van der Waals surface area contributed by atoms with Crippen LogP contribution in [-0.4, -0.2) is 39.2 Å². The summed E-state index contributed by atoms with van der Waals surface area (Å²) in [6.45, 7) is 4.97. The molecule has 4 rings (SSSR count). The second-order valence-electron chi connectivity index (χ2n) is 7.17. The second-order valence-corrected chi connectivity index (χ2v) is 7.17. The van der Waals surface area contributed by atoms with E-state index in [1.165, 1.54) is 12.1 Å². The van der Waals surface area contributed by atoms with Crippen molar-refractivity contribution in [3.05, 3.63) is 52.9 Å². The fourth-order valence-corrected chi connectivity index (χ4v) is 3.60. The van der Waals surface area contributed by atoms with Crippen LogP contribution in [-0.2, 0) is 6.42 Å². The normalized spacial score (nSPS) is 16.7. The van der Waals surface area contributed by atoms with E-state index in [4.69, 9.17) is 9.05 Å². The number of carbonyl (C=O) groups is 1. The average molecular weight is 384 g/mol. The van der Waals surface area contributed by atoms with Crippen LogP contribution in [0.1, 0.15) is 40.5 Å². The first kappa shape index (κ1) is 18.3.